The van der Waals surface area contributed by atoms with E-state index in [1.54, 1.807) is 4.90 Å². The van der Waals surface area contributed by atoms with Crippen molar-refractivity contribution in [2.24, 2.45) is 11.7 Å². The van der Waals surface area contributed by atoms with Crippen LogP contribution in [0.1, 0.15) is 32.6 Å². The van der Waals surface area contributed by atoms with E-state index in [1.807, 2.05) is 0 Å². The van der Waals surface area contributed by atoms with Gasteiger partial charge >= 0.3 is 12.0 Å². The zero-order valence-electron chi connectivity index (χ0n) is 11.1. The van der Waals surface area contributed by atoms with Crippen LogP contribution >= 0.6 is 0 Å². The molecule has 1 fully saturated rings. The first-order chi connectivity index (χ1) is 8.93. The molecule has 0 radical (unpaired) electrons. The maximum atomic E-state index is 11.9. The van der Waals surface area contributed by atoms with Crippen LogP contribution in [0.5, 0.6) is 0 Å². The van der Waals surface area contributed by atoms with Gasteiger partial charge in [0.05, 0.1) is 6.42 Å². The van der Waals surface area contributed by atoms with Crippen LogP contribution in [0.3, 0.4) is 0 Å². The number of aliphatic carboxylic acids is 1. The van der Waals surface area contributed by atoms with Gasteiger partial charge in [0.15, 0.2) is 0 Å². The SMILES string of the molecule is CCCC1CCN(C(=O)N[C@@H](CC(N)=O)C(=O)O)C1. The number of nitrogens with two attached hydrogens (primary N) is 1. The Hall–Kier alpha value is -1.79. The number of likely N-dealkylation sites (tertiary alicyclic amines) is 1. The van der Waals surface area contributed by atoms with Crippen LogP contribution in [0.2, 0.25) is 0 Å². The minimum Gasteiger partial charge on any atom is -0.480 e. The molecule has 7 heteroatoms. The van der Waals surface area contributed by atoms with Crippen molar-refractivity contribution in [3.8, 4) is 0 Å². The molecule has 0 bridgehead atoms. The number of hydrogen-bond acceptors (Lipinski definition) is 3. The van der Waals surface area contributed by atoms with E-state index >= 15 is 0 Å². The van der Waals surface area contributed by atoms with Crippen molar-refractivity contribution in [1.29, 1.82) is 0 Å². The van der Waals surface area contributed by atoms with Crippen molar-refractivity contribution in [2.45, 2.75) is 38.6 Å². The second-order valence-corrected chi connectivity index (χ2v) is 4.90. The average molecular weight is 271 g/mol. The van der Waals surface area contributed by atoms with E-state index in [2.05, 4.69) is 12.2 Å². The summed E-state index contributed by atoms with van der Waals surface area (Å²) in [6, 6.07) is -1.69. The Labute approximate surface area is 112 Å². The normalized spacial score (nSPS) is 20.1. The Balaban J connectivity index is 2.49. The van der Waals surface area contributed by atoms with Gasteiger partial charge in [0.2, 0.25) is 5.91 Å². The first-order valence-corrected chi connectivity index (χ1v) is 6.50. The Kier molecular flexibility index (Phi) is 5.59. The Morgan fingerprint density at radius 1 is 1.47 bits per heavy atom. The molecule has 0 aliphatic carbocycles. The molecule has 0 aromatic carbocycles. The summed E-state index contributed by atoms with van der Waals surface area (Å²) in [6.45, 7) is 3.36. The molecule has 2 atom stereocenters. The highest BCUT2D eigenvalue weighted by atomic mass is 16.4. The zero-order chi connectivity index (χ0) is 14.4. The van der Waals surface area contributed by atoms with Crippen LogP contribution < -0.4 is 11.1 Å². The van der Waals surface area contributed by atoms with Crippen LogP contribution in [0, 0.1) is 5.92 Å². The standard InChI is InChI=1S/C12H21N3O4/c1-2-3-8-4-5-15(7-8)12(19)14-9(11(17)18)6-10(13)16/h8-9H,2-7H2,1H3,(H2,13,16)(H,14,19)(H,17,18)/t8?,9-/m0/s1. The lowest BCUT2D eigenvalue weighted by atomic mass is 10.0. The molecule has 108 valence electrons. The van der Waals surface area contributed by atoms with Crippen molar-refractivity contribution in [2.75, 3.05) is 13.1 Å². The van der Waals surface area contributed by atoms with Gasteiger partial charge in [-0.2, -0.15) is 0 Å². The predicted octanol–water partition coefficient (Wildman–Crippen LogP) is 0.147. The van der Waals surface area contributed by atoms with Gasteiger partial charge in [-0.3, -0.25) is 4.79 Å². The van der Waals surface area contributed by atoms with Crippen molar-refractivity contribution < 1.29 is 19.5 Å². The maximum Gasteiger partial charge on any atom is 0.326 e. The number of carboxylic acid groups (broad SMARTS) is 1. The number of nitrogens with zero attached hydrogens (tertiary/aromatic N) is 1. The number of primary amides is 1. The van der Waals surface area contributed by atoms with E-state index in [1.165, 1.54) is 0 Å². The number of hydrogen-bond donors (Lipinski definition) is 3. The number of carboxylic acids is 1. The monoisotopic (exact) mass is 271 g/mol. The lowest BCUT2D eigenvalue weighted by molar-refractivity contribution is -0.140. The number of urea groups is 1. The smallest absolute Gasteiger partial charge is 0.326 e. The molecule has 1 aliphatic rings. The van der Waals surface area contributed by atoms with Crippen molar-refractivity contribution >= 4 is 17.9 Å². The molecular formula is C12H21N3O4. The van der Waals surface area contributed by atoms with Crippen molar-refractivity contribution in [3.05, 3.63) is 0 Å². The first kappa shape index (κ1) is 15.3. The molecule has 1 saturated heterocycles. The zero-order valence-corrected chi connectivity index (χ0v) is 11.1. The van der Waals surface area contributed by atoms with Gasteiger partial charge in [-0.15, -0.1) is 0 Å². The van der Waals surface area contributed by atoms with Gasteiger partial charge in [0, 0.05) is 13.1 Å². The van der Waals surface area contributed by atoms with Crippen LogP contribution in [0.25, 0.3) is 0 Å². The van der Waals surface area contributed by atoms with Crippen molar-refractivity contribution in [3.63, 3.8) is 0 Å². The fraction of sp³-hybridized carbons (Fsp3) is 0.750. The molecule has 0 saturated carbocycles. The number of amides is 3. The molecule has 19 heavy (non-hydrogen) atoms. The number of carbonyl (C=O) groups is 3. The third kappa shape index (κ3) is 4.76. The summed E-state index contributed by atoms with van der Waals surface area (Å²) in [7, 11) is 0. The molecule has 1 heterocycles. The highest BCUT2D eigenvalue weighted by Crippen LogP contribution is 2.20. The maximum absolute atomic E-state index is 11.9. The molecule has 0 spiro atoms. The summed E-state index contributed by atoms with van der Waals surface area (Å²) >= 11 is 0. The summed E-state index contributed by atoms with van der Waals surface area (Å²) in [5.74, 6) is -1.52. The predicted molar refractivity (Wildman–Crippen MR) is 68.4 cm³/mol. The number of rotatable bonds is 6. The van der Waals surface area contributed by atoms with Crippen molar-refractivity contribution in [1.82, 2.24) is 10.2 Å². The highest BCUT2D eigenvalue weighted by molar-refractivity contribution is 5.87. The van der Waals surface area contributed by atoms with E-state index in [0.717, 1.165) is 19.3 Å². The molecule has 0 aromatic heterocycles. The van der Waals surface area contributed by atoms with Gasteiger partial charge in [-0.25, -0.2) is 9.59 Å². The van der Waals surface area contributed by atoms with Crippen LogP contribution in [-0.4, -0.2) is 47.0 Å². The highest BCUT2D eigenvalue weighted by Gasteiger charge is 2.29. The largest absolute Gasteiger partial charge is 0.480 e. The summed E-state index contributed by atoms with van der Waals surface area (Å²) in [5, 5.41) is 11.2. The van der Waals surface area contributed by atoms with Gasteiger partial charge in [0.25, 0.3) is 0 Å². The van der Waals surface area contributed by atoms with Gasteiger partial charge in [-0.05, 0) is 18.8 Å². The van der Waals surface area contributed by atoms with E-state index in [4.69, 9.17) is 10.8 Å². The van der Waals surface area contributed by atoms with E-state index in [0.29, 0.717) is 19.0 Å². The summed E-state index contributed by atoms with van der Waals surface area (Å²) < 4.78 is 0. The lowest BCUT2D eigenvalue weighted by Gasteiger charge is -2.20. The quantitative estimate of drug-likeness (QED) is 0.638. The van der Waals surface area contributed by atoms with Gasteiger partial charge in [-0.1, -0.05) is 13.3 Å². The number of carbonyl (C=O) groups excluding carboxylic acids is 2. The Morgan fingerprint density at radius 3 is 2.68 bits per heavy atom. The number of nitrogens with one attached hydrogen (secondary N) is 1. The molecule has 3 amide bonds. The lowest BCUT2D eigenvalue weighted by Crippen LogP contribution is -2.48. The molecule has 1 rings (SSSR count). The minimum absolute atomic E-state index is 0.396. The first-order valence-electron chi connectivity index (χ1n) is 6.50. The second kappa shape index (κ2) is 6.96. The summed E-state index contributed by atoms with van der Waals surface area (Å²) in [6.07, 6.45) is 2.68. The van der Waals surface area contributed by atoms with Crippen LogP contribution in [0.4, 0.5) is 4.79 Å². The van der Waals surface area contributed by atoms with E-state index in [9.17, 15) is 14.4 Å². The molecule has 1 unspecified atom stereocenters. The van der Waals surface area contributed by atoms with Crippen LogP contribution in [0.15, 0.2) is 0 Å². The molecule has 7 nitrogen and oxygen atoms in total. The van der Waals surface area contributed by atoms with Gasteiger partial charge < -0.3 is 21.1 Å². The Bertz CT molecular complexity index is 359. The minimum atomic E-state index is -1.25. The fourth-order valence-electron chi connectivity index (χ4n) is 2.30. The summed E-state index contributed by atoms with van der Waals surface area (Å²) in [5.41, 5.74) is 4.95. The third-order valence-electron chi connectivity index (χ3n) is 3.27. The molecular weight excluding hydrogens is 250 g/mol. The topological polar surface area (TPSA) is 113 Å². The van der Waals surface area contributed by atoms with Crippen LogP contribution in [-0.2, 0) is 9.59 Å². The second-order valence-electron chi connectivity index (χ2n) is 4.90. The molecule has 1 aliphatic heterocycles. The average Bonchev–Trinajstić information content (AvgIpc) is 2.76. The molecule has 4 N–H and O–H groups in total. The van der Waals surface area contributed by atoms with Gasteiger partial charge in [0.1, 0.15) is 6.04 Å². The van der Waals surface area contributed by atoms with E-state index in [-0.39, 0.29) is 0 Å². The third-order valence-corrected chi connectivity index (χ3v) is 3.27. The Morgan fingerprint density at radius 2 is 2.16 bits per heavy atom. The molecule has 0 aromatic rings. The van der Waals surface area contributed by atoms with E-state index < -0.39 is 30.4 Å². The fourth-order valence-corrected chi connectivity index (χ4v) is 2.30. The summed E-state index contributed by atoms with van der Waals surface area (Å²) in [4.78, 5) is 35.1.